The molecule has 0 atom stereocenters. The average molecular weight is 254 g/mol. The Labute approximate surface area is 106 Å². The maximum absolute atomic E-state index is 11.7. The number of rotatable bonds is 4. The van der Waals surface area contributed by atoms with Crippen LogP contribution in [-0.4, -0.2) is 53.0 Å². The van der Waals surface area contributed by atoms with Gasteiger partial charge in [-0.2, -0.15) is 0 Å². The minimum Gasteiger partial charge on any atom is -0.464 e. The van der Waals surface area contributed by atoms with Crippen molar-refractivity contribution in [1.82, 2.24) is 19.9 Å². The molecule has 1 aromatic heterocycles. The number of methoxy groups -OCH3 is 1. The maximum Gasteiger partial charge on any atom is 0.360 e. The summed E-state index contributed by atoms with van der Waals surface area (Å²) in [6.07, 6.45) is 0. The van der Waals surface area contributed by atoms with Crippen molar-refractivity contribution in [2.24, 2.45) is 0 Å². The summed E-state index contributed by atoms with van der Waals surface area (Å²) in [5.74, 6) is -0.635. The Balaban J connectivity index is 3.10. The number of carbonyl (C=O) groups excluding carboxylic acids is 2. The molecular weight excluding hydrogens is 236 g/mol. The highest BCUT2D eigenvalue weighted by molar-refractivity contribution is 5.88. The molecule has 0 N–H and O–H groups in total. The largest absolute Gasteiger partial charge is 0.464 e. The Hall–Kier alpha value is -1.92. The minimum atomic E-state index is -0.540. The van der Waals surface area contributed by atoms with Gasteiger partial charge in [-0.3, -0.25) is 4.79 Å². The van der Waals surface area contributed by atoms with Crippen LogP contribution in [0.25, 0.3) is 0 Å². The van der Waals surface area contributed by atoms with Crippen LogP contribution in [0.15, 0.2) is 0 Å². The van der Waals surface area contributed by atoms with E-state index in [1.165, 1.54) is 16.7 Å². The van der Waals surface area contributed by atoms with Crippen LogP contribution in [0.3, 0.4) is 0 Å². The smallest absolute Gasteiger partial charge is 0.360 e. The van der Waals surface area contributed by atoms with Crippen LogP contribution in [0.5, 0.6) is 0 Å². The third-order valence-electron chi connectivity index (χ3n) is 2.48. The molecule has 1 heterocycles. The zero-order valence-electron chi connectivity index (χ0n) is 11.3. The van der Waals surface area contributed by atoms with E-state index in [0.717, 1.165) is 0 Å². The first-order valence-corrected chi connectivity index (χ1v) is 5.60. The summed E-state index contributed by atoms with van der Waals surface area (Å²) in [5, 5.41) is 7.64. The van der Waals surface area contributed by atoms with Crippen molar-refractivity contribution in [2.45, 2.75) is 26.3 Å². The highest BCUT2D eigenvalue weighted by atomic mass is 16.5. The zero-order chi connectivity index (χ0) is 13.9. The van der Waals surface area contributed by atoms with Gasteiger partial charge < -0.3 is 9.64 Å². The standard InChI is InChI=1S/C11H18N4O3/c1-7(2)10-9(11(17)18-5)12-13-15(10)6-8(16)14(3)4/h7H,6H2,1-5H3. The summed E-state index contributed by atoms with van der Waals surface area (Å²) >= 11 is 0. The number of hydrogen-bond donors (Lipinski definition) is 0. The molecule has 0 aliphatic rings. The monoisotopic (exact) mass is 254 g/mol. The molecule has 0 saturated heterocycles. The summed E-state index contributed by atoms with van der Waals surface area (Å²) in [7, 11) is 4.61. The molecule has 0 saturated carbocycles. The normalized spacial score (nSPS) is 10.6. The van der Waals surface area contributed by atoms with Gasteiger partial charge in [0.2, 0.25) is 5.91 Å². The Bertz CT molecular complexity index is 451. The minimum absolute atomic E-state index is 0.0177. The summed E-state index contributed by atoms with van der Waals surface area (Å²) in [4.78, 5) is 24.7. The van der Waals surface area contributed by atoms with E-state index in [1.54, 1.807) is 14.1 Å². The lowest BCUT2D eigenvalue weighted by Crippen LogP contribution is -2.28. The highest BCUT2D eigenvalue weighted by Crippen LogP contribution is 2.18. The lowest BCUT2D eigenvalue weighted by atomic mass is 10.1. The summed E-state index contributed by atoms with van der Waals surface area (Å²) in [5.41, 5.74) is 0.774. The van der Waals surface area contributed by atoms with E-state index in [1.807, 2.05) is 13.8 Å². The van der Waals surface area contributed by atoms with E-state index in [0.29, 0.717) is 5.69 Å². The van der Waals surface area contributed by atoms with Gasteiger partial charge in [0.15, 0.2) is 5.69 Å². The molecule has 0 unspecified atom stereocenters. The van der Waals surface area contributed by atoms with Gasteiger partial charge in [0, 0.05) is 14.1 Å². The predicted molar refractivity (Wildman–Crippen MR) is 64.1 cm³/mol. The molecule has 0 aromatic carbocycles. The van der Waals surface area contributed by atoms with Crippen molar-refractivity contribution in [2.75, 3.05) is 21.2 Å². The number of hydrogen-bond acceptors (Lipinski definition) is 5. The van der Waals surface area contributed by atoms with Crippen molar-refractivity contribution < 1.29 is 14.3 Å². The van der Waals surface area contributed by atoms with E-state index in [4.69, 9.17) is 0 Å². The lowest BCUT2D eigenvalue weighted by molar-refractivity contribution is -0.129. The number of aromatic nitrogens is 3. The van der Waals surface area contributed by atoms with Crippen LogP contribution >= 0.6 is 0 Å². The summed E-state index contributed by atoms with van der Waals surface area (Å²) < 4.78 is 6.09. The SMILES string of the molecule is COC(=O)c1nnn(CC(=O)N(C)C)c1C(C)C. The van der Waals surface area contributed by atoms with Crippen LogP contribution in [0.2, 0.25) is 0 Å². The topological polar surface area (TPSA) is 77.3 Å². The predicted octanol–water partition coefficient (Wildman–Crippen LogP) is 0.276. The van der Waals surface area contributed by atoms with Crippen molar-refractivity contribution in [3.05, 3.63) is 11.4 Å². The molecule has 0 aliphatic carbocycles. The van der Waals surface area contributed by atoms with Crippen LogP contribution in [-0.2, 0) is 16.1 Å². The summed E-state index contributed by atoms with van der Waals surface area (Å²) in [6, 6.07) is 0. The quantitative estimate of drug-likeness (QED) is 0.721. The molecule has 1 amide bonds. The Morgan fingerprint density at radius 3 is 2.44 bits per heavy atom. The third-order valence-corrected chi connectivity index (χ3v) is 2.48. The second-order valence-electron chi connectivity index (χ2n) is 4.42. The van der Waals surface area contributed by atoms with E-state index in [2.05, 4.69) is 15.0 Å². The molecule has 0 radical (unpaired) electrons. The molecule has 18 heavy (non-hydrogen) atoms. The van der Waals surface area contributed by atoms with Crippen LogP contribution in [0.4, 0.5) is 0 Å². The Morgan fingerprint density at radius 1 is 1.39 bits per heavy atom. The van der Waals surface area contributed by atoms with Gasteiger partial charge in [0.05, 0.1) is 12.8 Å². The molecular formula is C11H18N4O3. The molecule has 1 aromatic rings. The molecule has 100 valence electrons. The fraction of sp³-hybridized carbons (Fsp3) is 0.636. The van der Waals surface area contributed by atoms with Gasteiger partial charge in [-0.25, -0.2) is 9.48 Å². The first-order valence-electron chi connectivity index (χ1n) is 5.60. The van der Waals surface area contributed by atoms with E-state index >= 15 is 0 Å². The zero-order valence-corrected chi connectivity index (χ0v) is 11.3. The molecule has 7 nitrogen and oxygen atoms in total. The fourth-order valence-electron chi connectivity index (χ4n) is 1.52. The fourth-order valence-corrected chi connectivity index (χ4v) is 1.52. The molecule has 1 rings (SSSR count). The molecule has 0 bridgehead atoms. The molecule has 0 fully saturated rings. The first-order chi connectivity index (χ1) is 8.38. The van der Waals surface area contributed by atoms with Crippen molar-refractivity contribution in [1.29, 1.82) is 0 Å². The van der Waals surface area contributed by atoms with Gasteiger partial charge in [0.25, 0.3) is 0 Å². The van der Waals surface area contributed by atoms with Gasteiger partial charge >= 0.3 is 5.97 Å². The number of esters is 1. The van der Waals surface area contributed by atoms with Gasteiger partial charge in [-0.1, -0.05) is 19.1 Å². The van der Waals surface area contributed by atoms with Crippen molar-refractivity contribution >= 4 is 11.9 Å². The van der Waals surface area contributed by atoms with Crippen LogP contribution < -0.4 is 0 Å². The number of nitrogens with zero attached hydrogens (tertiary/aromatic N) is 4. The third kappa shape index (κ3) is 2.85. The van der Waals surface area contributed by atoms with Gasteiger partial charge in [0.1, 0.15) is 6.54 Å². The average Bonchev–Trinajstić information content (AvgIpc) is 2.71. The van der Waals surface area contributed by atoms with E-state index in [9.17, 15) is 9.59 Å². The molecule has 0 aliphatic heterocycles. The van der Waals surface area contributed by atoms with E-state index < -0.39 is 5.97 Å². The Kier molecular flexibility index (Phi) is 4.41. The number of amides is 1. The van der Waals surface area contributed by atoms with Crippen molar-refractivity contribution in [3.63, 3.8) is 0 Å². The maximum atomic E-state index is 11.7. The number of carbonyl (C=O) groups is 2. The first kappa shape index (κ1) is 14.1. The second-order valence-corrected chi connectivity index (χ2v) is 4.42. The van der Waals surface area contributed by atoms with E-state index in [-0.39, 0.29) is 24.1 Å². The number of likely N-dealkylation sites (N-methyl/N-ethyl adjacent to an activating group) is 1. The number of ether oxygens (including phenoxy) is 1. The Morgan fingerprint density at radius 2 is 2.00 bits per heavy atom. The van der Waals surface area contributed by atoms with Crippen molar-refractivity contribution in [3.8, 4) is 0 Å². The highest BCUT2D eigenvalue weighted by Gasteiger charge is 2.23. The van der Waals surface area contributed by atoms with Gasteiger partial charge in [-0.15, -0.1) is 5.10 Å². The molecule has 7 heteroatoms. The van der Waals surface area contributed by atoms with Crippen LogP contribution in [0.1, 0.15) is 35.9 Å². The molecule has 0 spiro atoms. The second kappa shape index (κ2) is 5.61. The lowest BCUT2D eigenvalue weighted by Gasteiger charge is -2.13. The van der Waals surface area contributed by atoms with Crippen LogP contribution in [0, 0.1) is 0 Å². The van der Waals surface area contributed by atoms with Gasteiger partial charge in [-0.05, 0) is 5.92 Å². The summed E-state index contributed by atoms with van der Waals surface area (Å²) in [6.45, 7) is 3.87.